The molecule has 0 fully saturated rings. The quantitative estimate of drug-likeness (QED) is 0.565. The molecule has 3 nitrogen and oxygen atoms in total. The Bertz CT molecular complexity index is 399. The molecule has 0 heterocycles. The van der Waals surface area contributed by atoms with E-state index in [1.54, 1.807) is 6.92 Å². The van der Waals surface area contributed by atoms with Crippen LogP contribution in [0.5, 0.6) is 5.75 Å². The molecule has 0 aliphatic rings. The van der Waals surface area contributed by atoms with Crippen LogP contribution in [0.15, 0.2) is 12.1 Å². The zero-order valence-electron chi connectivity index (χ0n) is 8.54. The first-order valence-electron chi connectivity index (χ1n) is 4.52. The number of Topliss-reactive ketones (excluding diaryl/α,β-unsaturated/α-hetero) is 1. The summed E-state index contributed by atoms with van der Waals surface area (Å²) in [5.74, 6) is -0.990. The van der Waals surface area contributed by atoms with Gasteiger partial charge < -0.3 is 4.74 Å². The lowest BCUT2D eigenvalue weighted by molar-refractivity contribution is 0.100. The van der Waals surface area contributed by atoms with Crippen LogP contribution >= 0.6 is 0 Å². The van der Waals surface area contributed by atoms with E-state index in [-0.39, 0.29) is 22.7 Å². The van der Waals surface area contributed by atoms with E-state index in [2.05, 4.69) is 0 Å². The van der Waals surface area contributed by atoms with E-state index in [0.29, 0.717) is 12.9 Å². The molecule has 0 spiro atoms. The van der Waals surface area contributed by atoms with Crippen LogP contribution < -0.4 is 4.74 Å². The molecule has 0 bridgehead atoms. The second kappa shape index (κ2) is 4.68. The summed E-state index contributed by atoms with van der Waals surface area (Å²) in [5.41, 5.74) is 0.221. The second-order valence-electron chi connectivity index (χ2n) is 2.98. The van der Waals surface area contributed by atoms with Crippen molar-refractivity contribution >= 4 is 12.1 Å². The predicted octanol–water partition coefficient (Wildman–Crippen LogP) is 2.24. The van der Waals surface area contributed by atoms with Crippen molar-refractivity contribution in [2.45, 2.75) is 13.8 Å². The highest BCUT2D eigenvalue weighted by molar-refractivity contribution is 6.01. The van der Waals surface area contributed by atoms with Crippen LogP contribution in [-0.2, 0) is 0 Å². The first kappa shape index (κ1) is 11.4. The Hall–Kier alpha value is -1.71. The van der Waals surface area contributed by atoms with Crippen molar-refractivity contribution in [3.63, 3.8) is 0 Å². The SMILES string of the molecule is CCOc1cc(C=O)c(C(C)=O)cc1F. The van der Waals surface area contributed by atoms with E-state index in [4.69, 9.17) is 4.74 Å². The predicted molar refractivity (Wildman–Crippen MR) is 53.0 cm³/mol. The van der Waals surface area contributed by atoms with Crippen molar-refractivity contribution in [3.8, 4) is 5.75 Å². The number of ether oxygens (including phenoxy) is 1. The molecule has 1 aromatic carbocycles. The number of rotatable bonds is 4. The molecule has 0 saturated carbocycles. The highest BCUT2D eigenvalue weighted by Gasteiger charge is 2.13. The Morgan fingerprint density at radius 3 is 2.67 bits per heavy atom. The Balaban J connectivity index is 3.28. The number of carbonyl (C=O) groups is 2. The molecule has 1 rings (SSSR count). The average Bonchev–Trinajstić information content (AvgIpc) is 2.20. The Morgan fingerprint density at radius 2 is 2.20 bits per heavy atom. The van der Waals surface area contributed by atoms with Gasteiger partial charge in [-0.05, 0) is 26.0 Å². The van der Waals surface area contributed by atoms with E-state index in [1.165, 1.54) is 13.0 Å². The lowest BCUT2D eigenvalue weighted by Crippen LogP contribution is -2.03. The van der Waals surface area contributed by atoms with E-state index >= 15 is 0 Å². The molecule has 1 aromatic rings. The fraction of sp³-hybridized carbons (Fsp3) is 0.273. The molecular weight excluding hydrogens is 199 g/mol. The minimum atomic E-state index is -0.632. The van der Waals surface area contributed by atoms with Crippen molar-refractivity contribution in [1.82, 2.24) is 0 Å². The zero-order valence-corrected chi connectivity index (χ0v) is 8.54. The van der Waals surface area contributed by atoms with Gasteiger partial charge in [-0.3, -0.25) is 9.59 Å². The van der Waals surface area contributed by atoms with Crippen LogP contribution in [0.1, 0.15) is 34.6 Å². The van der Waals surface area contributed by atoms with Gasteiger partial charge in [0, 0.05) is 11.1 Å². The minimum Gasteiger partial charge on any atom is -0.491 e. The van der Waals surface area contributed by atoms with Crippen molar-refractivity contribution in [2.24, 2.45) is 0 Å². The molecule has 4 heteroatoms. The third-order valence-corrected chi connectivity index (χ3v) is 1.91. The van der Waals surface area contributed by atoms with Crippen LogP contribution in [0.3, 0.4) is 0 Å². The first-order chi connectivity index (χ1) is 7.10. The van der Waals surface area contributed by atoms with Gasteiger partial charge in [0.15, 0.2) is 23.6 Å². The largest absolute Gasteiger partial charge is 0.491 e. The first-order valence-corrected chi connectivity index (χ1v) is 4.52. The molecular formula is C11H11FO3. The topological polar surface area (TPSA) is 43.4 Å². The van der Waals surface area contributed by atoms with Crippen molar-refractivity contribution < 1.29 is 18.7 Å². The van der Waals surface area contributed by atoms with Crippen LogP contribution in [0, 0.1) is 5.82 Å². The zero-order chi connectivity index (χ0) is 11.4. The molecule has 15 heavy (non-hydrogen) atoms. The van der Waals surface area contributed by atoms with Gasteiger partial charge in [-0.25, -0.2) is 4.39 Å². The highest BCUT2D eigenvalue weighted by atomic mass is 19.1. The van der Waals surface area contributed by atoms with E-state index in [0.717, 1.165) is 6.07 Å². The molecule has 0 amide bonds. The normalized spacial score (nSPS) is 9.80. The standard InChI is InChI=1S/C11H11FO3/c1-3-15-11-4-8(6-13)9(7(2)14)5-10(11)12/h4-6H,3H2,1-2H3. The van der Waals surface area contributed by atoms with E-state index < -0.39 is 5.82 Å². The summed E-state index contributed by atoms with van der Waals surface area (Å²) < 4.78 is 18.3. The van der Waals surface area contributed by atoms with Gasteiger partial charge in [-0.15, -0.1) is 0 Å². The summed E-state index contributed by atoms with van der Waals surface area (Å²) in [4.78, 5) is 21.7. The third-order valence-electron chi connectivity index (χ3n) is 1.91. The Morgan fingerprint density at radius 1 is 1.53 bits per heavy atom. The van der Waals surface area contributed by atoms with Crippen LogP contribution in [0.25, 0.3) is 0 Å². The summed E-state index contributed by atoms with van der Waals surface area (Å²) >= 11 is 0. The Kier molecular flexibility index (Phi) is 3.55. The van der Waals surface area contributed by atoms with Gasteiger partial charge in [-0.1, -0.05) is 0 Å². The van der Waals surface area contributed by atoms with Gasteiger partial charge in [-0.2, -0.15) is 0 Å². The maximum atomic E-state index is 13.3. The summed E-state index contributed by atoms with van der Waals surface area (Å²) in [6.45, 7) is 3.29. The summed E-state index contributed by atoms with van der Waals surface area (Å²) in [6, 6.07) is 2.26. The molecule has 0 atom stereocenters. The average molecular weight is 210 g/mol. The maximum Gasteiger partial charge on any atom is 0.165 e. The van der Waals surface area contributed by atoms with E-state index in [1.807, 2.05) is 0 Å². The molecule has 0 unspecified atom stereocenters. The smallest absolute Gasteiger partial charge is 0.165 e. The fourth-order valence-electron chi connectivity index (χ4n) is 1.24. The summed E-state index contributed by atoms with van der Waals surface area (Å²) in [5, 5.41) is 0. The van der Waals surface area contributed by atoms with E-state index in [9.17, 15) is 14.0 Å². The molecule has 0 aromatic heterocycles. The number of hydrogen-bond acceptors (Lipinski definition) is 3. The number of carbonyl (C=O) groups excluding carboxylic acids is 2. The fourth-order valence-corrected chi connectivity index (χ4v) is 1.24. The second-order valence-corrected chi connectivity index (χ2v) is 2.98. The lowest BCUT2D eigenvalue weighted by Gasteiger charge is -2.07. The number of halogens is 1. The number of aldehydes is 1. The highest BCUT2D eigenvalue weighted by Crippen LogP contribution is 2.22. The van der Waals surface area contributed by atoms with Crippen molar-refractivity contribution in [3.05, 3.63) is 29.1 Å². The maximum absolute atomic E-state index is 13.3. The number of benzene rings is 1. The number of hydrogen-bond donors (Lipinski definition) is 0. The number of ketones is 1. The van der Waals surface area contributed by atoms with Crippen LogP contribution in [0.4, 0.5) is 4.39 Å². The van der Waals surface area contributed by atoms with Gasteiger partial charge >= 0.3 is 0 Å². The van der Waals surface area contributed by atoms with Crippen molar-refractivity contribution in [1.29, 1.82) is 0 Å². The van der Waals surface area contributed by atoms with Crippen molar-refractivity contribution in [2.75, 3.05) is 6.61 Å². The molecule has 0 radical (unpaired) electrons. The van der Waals surface area contributed by atoms with Crippen LogP contribution in [-0.4, -0.2) is 18.7 Å². The summed E-state index contributed by atoms with van der Waals surface area (Å²) in [6.07, 6.45) is 0.513. The summed E-state index contributed by atoms with van der Waals surface area (Å²) in [7, 11) is 0. The molecule has 0 aliphatic carbocycles. The molecule has 0 aliphatic heterocycles. The Labute approximate surface area is 86.9 Å². The third kappa shape index (κ3) is 2.40. The van der Waals surface area contributed by atoms with Crippen LogP contribution in [0.2, 0.25) is 0 Å². The molecule has 0 saturated heterocycles. The monoisotopic (exact) mass is 210 g/mol. The van der Waals surface area contributed by atoms with Gasteiger partial charge in [0.05, 0.1) is 6.61 Å². The van der Waals surface area contributed by atoms with Gasteiger partial charge in [0.25, 0.3) is 0 Å². The minimum absolute atomic E-state index is 0.00963. The van der Waals surface area contributed by atoms with Gasteiger partial charge in [0.1, 0.15) is 0 Å². The van der Waals surface area contributed by atoms with Gasteiger partial charge in [0.2, 0.25) is 0 Å². The lowest BCUT2D eigenvalue weighted by atomic mass is 10.0. The molecule has 0 N–H and O–H groups in total. The molecule has 80 valence electrons.